The van der Waals surface area contributed by atoms with Crippen LogP contribution >= 0.6 is 0 Å². The molecule has 1 aliphatic rings. The summed E-state index contributed by atoms with van der Waals surface area (Å²) in [7, 11) is -5.92. The molecule has 0 radical (unpaired) electrons. The van der Waals surface area contributed by atoms with Crippen LogP contribution in [0.15, 0.2) is 170 Å². The zero-order chi connectivity index (χ0) is 49.7. The molecule has 0 aromatic heterocycles. The summed E-state index contributed by atoms with van der Waals surface area (Å²) in [5.41, 5.74) is 17.1. The zero-order valence-electron chi connectivity index (χ0n) is 44.2. The number of hydrogen-bond donors (Lipinski definition) is 0. The maximum atomic E-state index is 2.70. The quantitative estimate of drug-likeness (QED) is 0.0941. The Morgan fingerprint density at radius 3 is 1.30 bits per heavy atom. The van der Waals surface area contributed by atoms with E-state index < -0.39 is 24.2 Å². The minimum Gasteiger partial charge on any atom is -0.310 e. The molecule has 0 aliphatic heterocycles. The second-order valence-corrected chi connectivity index (χ2v) is 40.0. The molecule has 354 valence electrons. The molecule has 9 aromatic carbocycles. The van der Waals surface area contributed by atoms with Crippen LogP contribution in [-0.2, 0) is 4.66 Å². The van der Waals surface area contributed by atoms with Crippen molar-refractivity contribution >= 4 is 95.9 Å². The van der Waals surface area contributed by atoms with Crippen molar-refractivity contribution < 1.29 is 0 Å². The van der Waals surface area contributed by atoms with Crippen molar-refractivity contribution in [2.24, 2.45) is 0 Å². The molecule has 0 atom stereocenters. The van der Waals surface area contributed by atoms with Gasteiger partial charge in [0.05, 0.1) is 29.9 Å². The molecule has 0 unspecified atom stereocenters. The van der Waals surface area contributed by atoms with Crippen LogP contribution in [0.5, 0.6) is 0 Å². The maximum Gasteiger partial charge on any atom is 0.0775 e. The van der Waals surface area contributed by atoms with Gasteiger partial charge in [-0.05, 0) is 146 Å². The van der Waals surface area contributed by atoms with Crippen LogP contribution in [0.4, 0.5) is 34.1 Å². The number of hydrogen-bond acceptors (Lipinski definition) is 2. The summed E-state index contributed by atoms with van der Waals surface area (Å²) in [6.07, 6.45) is 0. The fraction of sp³-hybridized carbons (Fsp3) is 0.262. The minimum atomic E-state index is -2.19. The summed E-state index contributed by atoms with van der Waals surface area (Å²) >= 11 is 0. The van der Waals surface area contributed by atoms with Crippen LogP contribution in [0.3, 0.4) is 0 Å². The summed E-state index contributed by atoms with van der Waals surface area (Å²) in [6.45, 7) is 34.7. The zero-order valence-corrected chi connectivity index (χ0v) is 47.2. The lowest BCUT2D eigenvalue weighted by atomic mass is 9.89. The summed E-state index contributed by atoms with van der Waals surface area (Å²) in [5, 5.41) is 9.49. The SMILES string of the molecule is Cc1ccc(N(c2ccc(C(C)C)cc2)c2ccc3c4c(c5ccccc5c3c2)-c2c(cc(N(c3ccc(C(C)C)cc3)c3ccc([Si](C)(C)C)cc3)c3ccccc23)C4([Si](C)(C)C)[Si](C)(C)C)cc1. The van der Waals surface area contributed by atoms with Crippen LogP contribution in [0, 0.1) is 6.92 Å². The highest BCUT2D eigenvalue weighted by Crippen LogP contribution is 2.64. The smallest absolute Gasteiger partial charge is 0.0775 e. The number of benzene rings is 9. The molecule has 5 heteroatoms. The Kier molecular flexibility index (Phi) is 11.8. The molecule has 70 heavy (non-hydrogen) atoms. The lowest BCUT2D eigenvalue weighted by Crippen LogP contribution is -2.63. The van der Waals surface area contributed by atoms with Gasteiger partial charge in [-0.3, -0.25) is 0 Å². The number of rotatable bonds is 11. The van der Waals surface area contributed by atoms with Gasteiger partial charge in [0.1, 0.15) is 0 Å². The maximum absolute atomic E-state index is 2.70. The number of fused-ring (bicyclic) bond motifs is 10. The van der Waals surface area contributed by atoms with Crippen molar-refractivity contribution in [2.45, 2.75) is 110 Å². The van der Waals surface area contributed by atoms with Crippen LogP contribution in [0.2, 0.25) is 58.9 Å². The van der Waals surface area contributed by atoms with Gasteiger partial charge in [-0.25, -0.2) is 0 Å². The number of anilines is 6. The van der Waals surface area contributed by atoms with E-state index in [1.54, 1.807) is 5.56 Å². The van der Waals surface area contributed by atoms with Crippen LogP contribution in [-0.4, -0.2) is 24.2 Å². The number of nitrogens with zero attached hydrogens (tertiary/aromatic N) is 2. The van der Waals surface area contributed by atoms with E-state index in [-0.39, 0.29) is 4.66 Å². The molecule has 0 bridgehead atoms. The Balaban J connectivity index is 1.31. The van der Waals surface area contributed by atoms with Gasteiger partial charge in [0.15, 0.2) is 0 Å². The first-order valence-electron chi connectivity index (χ1n) is 25.7. The fourth-order valence-electron chi connectivity index (χ4n) is 12.6. The molecule has 9 aromatic rings. The molecule has 0 fully saturated rings. The van der Waals surface area contributed by atoms with Gasteiger partial charge in [-0.2, -0.15) is 0 Å². The van der Waals surface area contributed by atoms with Crippen molar-refractivity contribution in [3.05, 3.63) is 198 Å². The molecule has 1 aliphatic carbocycles. The Morgan fingerprint density at radius 2 is 0.814 bits per heavy atom. The third kappa shape index (κ3) is 7.71. The third-order valence-electron chi connectivity index (χ3n) is 15.7. The van der Waals surface area contributed by atoms with E-state index in [1.807, 2.05) is 0 Å². The van der Waals surface area contributed by atoms with E-state index in [0.717, 1.165) is 5.69 Å². The molecule has 10 rings (SSSR count). The highest BCUT2D eigenvalue weighted by Gasteiger charge is 2.60. The lowest BCUT2D eigenvalue weighted by Gasteiger charge is -2.52. The van der Waals surface area contributed by atoms with Crippen molar-refractivity contribution in [1.29, 1.82) is 0 Å². The second-order valence-electron chi connectivity index (χ2n) is 23.9. The van der Waals surface area contributed by atoms with Crippen molar-refractivity contribution in [1.82, 2.24) is 0 Å². The summed E-state index contributed by atoms with van der Waals surface area (Å²) in [4.78, 5) is 5.04. The van der Waals surface area contributed by atoms with Crippen molar-refractivity contribution in [3.63, 3.8) is 0 Å². The van der Waals surface area contributed by atoms with Gasteiger partial charge in [-0.1, -0.05) is 200 Å². The molecule has 2 nitrogen and oxygen atoms in total. The molecule has 0 saturated heterocycles. The Bertz CT molecular complexity index is 3410. The fourth-order valence-corrected chi connectivity index (χ4v) is 26.8. The van der Waals surface area contributed by atoms with E-state index in [0.29, 0.717) is 11.8 Å². The van der Waals surface area contributed by atoms with Gasteiger partial charge in [0.2, 0.25) is 0 Å². The van der Waals surface area contributed by atoms with E-state index in [9.17, 15) is 0 Å². The van der Waals surface area contributed by atoms with E-state index in [4.69, 9.17) is 0 Å². The Morgan fingerprint density at radius 1 is 0.386 bits per heavy atom. The van der Waals surface area contributed by atoms with Crippen LogP contribution < -0.4 is 15.0 Å². The van der Waals surface area contributed by atoms with Crippen molar-refractivity contribution in [2.75, 3.05) is 9.80 Å². The monoisotopic (exact) mass is 965 g/mol. The van der Waals surface area contributed by atoms with Crippen LogP contribution in [0.25, 0.3) is 43.4 Å². The molecule has 0 saturated carbocycles. The number of aryl methyl sites for hydroxylation is 1. The topological polar surface area (TPSA) is 6.48 Å². The molecular formula is C65H72N2Si3. The standard InChI is InChI=1S/C65H72N2Si3/c1-43(2)46-25-31-49(32-26-46)66(48-29-23-45(5)24-30-48)52-37-40-58-59(41-52)54-19-15-17-21-56(54)63-62-57-22-18-16-20-55(57)61(42-60(62)65(64(58)63,69(9,10)11)70(12,13)14)67(50-33-27-47(28-34-50)44(3)4)51-35-38-53(39-36-51)68(6,7)8/h15-44H,1-14H3. The first kappa shape index (κ1) is 47.7. The van der Waals surface area contributed by atoms with Gasteiger partial charge < -0.3 is 9.80 Å². The Labute approximate surface area is 422 Å². The molecule has 0 amide bonds. The van der Waals surface area contributed by atoms with Gasteiger partial charge in [0, 0.05) is 38.5 Å². The lowest BCUT2D eigenvalue weighted by molar-refractivity contribution is 0.866. The van der Waals surface area contributed by atoms with Gasteiger partial charge >= 0.3 is 0 Å². The first-order valence-corrected chi connectivity index (χ1v) is 36.2. The largest absolute Gasteiger partial charge is 0.310 e. The van der Waals surface area contributed by atoms with Gasteiger partial charge in [-0.15, -0.1) is 0 Å². The molecule has 0 N–H and O–H groups in total. The third-order valence-corrected chi connectivity index (χ3v) is 27.8. The van der Waals surface area contributed by atoms with Crippen LogP contribution in [0.1, 0.15) is 67.3 Å². The first-order chi connectivity index (χ1) is 33.2. The summed E-state index contributed by atoms with van der Waals surface area (Å²) in [5.74, 6) is 0.918. The van der Waals surface area contributed by atoms with E-state index >= 15 is 0 Å². The average Bonchev–Trinajstić information content (AvgIpc) is 3.66. The average molecular weight is 966 g/mol. The van der Waals surface area contributed by atoms with Gasteiger partial charge in [0.25, 0.3) is 0 Å². The van der Waals surface area contributed by atoms with Crippen molar-refractivity contribution in [3.8, 4) is 11.1 Å². The summed E-state index contributed by atoms with van der Waals surface area (Å²) in [6, 6.07) is 66.1. The Hall–Kier alpha value is -5.99. The molecule has 0 spiro atoms. The van der Waals surface area contributed by atoms with E-state index in [1.165, 1.54) is 99.3 Å². The minimum absolute atomic E-state index is 0.147. The predicted octanol–water partition coefficient (Wildman–Crippen LogP) is 19.2. The predicted molar refractivity (Wildman–Crippen MR) is 317 cm³/mol. The normalized spacial score (nSPS) is 13.7. The molecular weight excluding hydrogens is 893 g/mol. The molecule has 0 heterocycles. The summed E-state index contributed by atoms with van der Waals surface area (Å²) < 4.78 is -0.147. The van der Waals surface area contributed by atoms with E-state index in [2.05, 4.69) is 273 Å². The highest BCUT2D eigenvalue weighted by atomic mass is 28.4. The highest BCUT2D eigenvalue weighted by molar-refractivity contribution is 7.00. The second kappa shape index (κ2) is 17.4.